The summed E-state index contributed by atoms with van der Waals surface area (Å²) >= 11 is 0. The first-order chi connectivity index (χ1) is 18.6. The number of hydrazine groups is 1. The summed E-state index contributed by atoms with van der Waals surface area (Å²) in [5, 5.41) is 13.4. The Labute approximate surface area is 229 Å². The van der Waals surface area contributed by atoms with Crippen molar-refractivity contribution in [2.45, 2.75) is 63.8 Å². The van der Waals surface area contributed by atoms with E-state index in [0.29, 0.717) is 31.7 Å². The molecule has 4 atom stereocenters. The third-order valence-corrected chi connectivity index (χ3v) is 7.10. The van der Waals surface area contributed by atoms with Crippen LogP contribution >= 0.6 is 0 Å². The van der Waals surface area contributed by atoms with Crippen LogP contribution in [0, 0.1) is 5.92 Å². The van der Waals surface area contributed by atoms with Gasteiger partial charge < -0.3 is 31.8 Å². The first-order valence-corrected chi connectivity index (χ1v) is 13.2. The van der Waals surface area contributed by atoms with Crippen LogP contribution in [0.1, 0.15) is 38.7 Å². The van der Waals surface area contributed by atoms with Crippen molar-refractivity contribution in [3.63, 3.8) is 0 Å². The van der Waals surface area contributed by atoms with Gasteiger partial charge in [-0.2, -0.15) is 0 Å². The summed E-state index contributed by atoms with van der Waals surface area (Å²) in [7, 11) is 0. The highest BCUT2D eigenvalue weighted by atomic mass is 16.3. The van der Waals surface area contributed by atoms with E-state index in [-0.39, 0.29) is 11.9 Å². The zero-order valence-electron chi connectivity index (χ0n) is 22.6. The summed E-state index contributed by atoms with van der Waals surface area (Å²) in [6.45, 7) is 4.09. The zero-order chi connectivity index (χ0) is 28.5. The van der Waals surface area contributed by atoms with Crippen molar-refractivity contribution in [1.82, 2.24) is 15.2 Å². The monoisotopic (exact) mass is 536 g/mol. The number of carbonyl (C=O) groups excluding carboxylic acids is 3. The normalized spacial score (nSPS) is 20.3. The molecular formula is C29H40N6O4. The first-order valence-electron chi connectivity index (χ1n) is 13.2. The van der Waals surface area contributed by atoms with Crippen LogP contribution < -0.4 is 22.6 Å². The number of β-amino-alcohol motifs (C(OH)–C–C–N with tert-alkyl or cyclic N) is 1. The van der Waals surface area contributed by atoms with Crippen molar-refractivity contribution in [3.05, 3.63) is 72.1 Å². The van der Waals surface area contributed by atoms with Gasteiger partial charge in [0.15, 0.2) is 0 Å². The van der Waals surface area contributed by atoms with Crippen LogP contribution in [0.3, 0.4) is 0 Å². The fraction of sp³-hybridized carbons (Fsp3) is 0.414. The average molecular weight is 537 g/mol. The van der Waals surface area contributed by atoms with Crippen LogP contribution in [0.5, 0.6) is 0 Å². The summed E-state index contributed by atoms with van der Waals surface area (Å²) in [5.41, 5.74) is 15.1. The topological polar surface area (TPSA) is 168 Å². The fourth-order valence-electron chi connectivity index (χ4n) is 4.51. The van der Waals surface area contributed by atoms with Gasteiger partial charge in [-0.05, 0) is 49.8 Å². The molecule has 3 amide bonds. The second-order valence-corrected chi connectivity index (χ2v) is 10.3. The molecule has 0 spiro atoms. The Balaban J connectivity index is 0.000000216. The van der Waals surface area contributed by atoms with E-state index >= 15 is 0 Å². The summed E-state index contributed by atoms with van der Waals surface area (Å²) < 4.78 is 0. The standard InChI is InChI=1S/C16H16N2O2.C13H24N4O2/c17-16(20)15(18-11-19)10-12-6-8-14(9-7-12)13-4-2-1-3-5-13;1-8-5-11(18)6-16(8)13(19)9(2)17(15)7-12(14)10-3-4-10/h1-9,11,15H,10H2,(H2,17,20)(H,18,19);7-11,18H,3-6,14-15H2,1-2H3/b;12-7-/t15-;8-,9+,11-/m11/s1. The van der Waals surface area contributed by atoms with Gasteiger partial charge in [0.05, 0.1) is 6.10 Å². The molecule has 8 N–H and O–H groups in total. The number of allylic oxidation sites excluding steroid dienone is 1. The third-order valence-electron chi connectivity index (χ3n) is 7.10. The Morgan fingerprint density at radius 3 is 2.23 bits per heavy atom. The number of amides is 3. The maximum absolute atomic E-state index is 12.3. The molecule has 10 heteroatoms. The highest BCUT2D eigenvalue weighted by Gasteiger charge is 2.35. The Hall–Kier alpha value is -3.89. The average Bonchev–Trinajstić information content (AvgIpc) is 3.72. The van der Waals surface area contributed by atoms with Crippen LogP contribution in [0.15, 0.2) is 66.5 Å². The molecule has 39 heavy (non-hydrogen) atoms. The van der Waals surface area contributed by atoms with Crippen molar-refractivity contribution in [2.24, 2.45) is 23.2 Å². The SMILES string of the molecule is C[C@@H]1C[C@@H](O)CN1C(=O)[C@H](C)N(N)/C=C(\N)C1CC1.NC(=O)[C@@H](Cc1ccc(-c2ccccc2)cc1)NC=O. The molecular weight excluding hydrogens is 496 g/mol. The number of aliphatic hydroxyl groups excluding tert-OH is 1. The second-order valence-electron chi connectivity index (χ2n) is 10.3. The Morgan fingerprint density at radius 1 is 1.10 bits per heavy atom. The van der Waals surface area contributed by atoms with Gasteiger partial charge in [-0.25, -0.2) is 5.84 Å². The molecule has 210 valence electrons. The van der Waals surface area contributed by atoms with Crippen LogP contribution in [0.25, 0.3) is 11.1 Å². The lowest BCUT2D eigenvalue weighted by Crippen LogP contribution is -2.49. The quantitative estimate of drug-likeness (QED) is 0.173. The van der Waals surface area contributed by atoms with Gasteiger partial charge in [0.2, 0.25) is 18.2 Å². The van der Waals surface area contributed by atoms with Gasteiger partial charge in [-0.3, -0.25) is 14.4 Å². The predicted molar refractivity (Wildman–Crippen MR) is 150 cm³/mol. The lowest BCUT2D eigenvalue weighted by atomic mass is 10.0. The highest BCUT2D eigenvalue weighted by molar-refractivity contribution is 5.82. The van der Waals surface area contributed by atoms with E-state index in [1.54, 1.807) is 18.0 Å². The minimum atomic E-state index is -0.671. The van der Waals surface area contributed by atoms with E-state index < -0.39 is 24.1 Å². The van der Waals surface area contributed by atoms with Gasteiger partial charge >= 0.3 is 0 Å². The highest BCUT2D eigenvalue weighted by Crippen LogP contribution is 2.33. The first kappa shape index (κ1) is 29.7. The number of hydrogen-bond donors (Lipinski definition) is 5. The van der Waals surface area contributed by atoms with Crippen molar-refractivity contribution in [1.29, 1.82) is 0 Å². The molecule has 2 fully saturated rings. The number of likely N-dealkylation sites (tertiary alicyclic amines) is 1. The van der Waals surface area contributed by atoms with E-state index in [1.165, 1.54) is 5.01 Å². The molecule has 1 aliphatic carbocycles. The third kappa shape index (κ3) is 8.56. The van der Waals surface area contributed by atoms with Gasteiger partial charge in [0.25, 0.3) is 0 Å². The van der Waals surface area contributed by atoms with E-state index in [9.17, 15) is 19.5 Å². The maximum atomic E-state index is 12.3. The van der Waals surface area contributed by atoms with Gasteiger partial charge in [-0.1, -0.05) is 54.6 Å². The molecule has 1 aliphatic heterocycles. The molecule has 1 saturated heterocycles. The van der Waals surface area contributed by atoms with E-state index in [1.807, 2.05) is 61.5 Å². The number of primary amides is 1. The smallest absolute Gasteiger partial charge is 0.246 e. The molecule has 2 aromatic carbocycles. The van der Waals surface area contributed by atoms with Crippen LogP contribution in [-0.4, -0.2) is 64.0 Å². The summed E-state index contributed by atoms with van der Waals surface area (Å²) in [5.74, 6) is 5.73. The molecule has 0 unspecified atom stereocenters. The Morgan fingerprint density at radius 2 is 1.72 bits per heavy atom. The van der Waals surface area contributed by atoms with Crippen molar-refractivity contribution >= 4 is 18.2 Å². The Kier molecular flexibility index (Phi) is 10.5. The minimum absolute atomic E-state index is 0.0584. The number of benzene rings is 2. The lowest BCUT2D eigenvalue weighted by molar-refractivity contribution is -0.136. The van der Waals surface area contributed by atoms with Crippen LogP contribution in [0.4, 0.5) is 0 Å². The number of nitrogens with one attached hydrogen (secondary N) is 1. The molecule has 2 aromatic rings. The van der Waals surface area contributed by atoms with Gasteiger partial charge in [-0.15, -0.1) is 0 Å². The molecule has 2 aliphatic rings. The fourth-order valence-corrected chi connectivity index (χ4v) is 4.51. The number of nitrogens with two attached hydrogens (primary N) is 3. The number of nitrogens with zero attached hydrogens (tertiary/aromatic N) is 2. The van der Waals surface area contributed by atoms with E-state index in [0.717, 1.165) is 35.2 Å². The van der Waals surface area contributed by atoms with Gasteiger partial charge in [0.1, 0.15) is 12.1 Å². The molecule has 0 aromatic heterocycles. The van der Waals surface area contributed by atoms with Crippen molar-refractivity contribution in [3.8, 4) is 11.1 Å². The molecule has 0 bridgehead atoms. The van der Waals surface area contributed by atoms with Crippen LogP contribution in [0.2, 0.25) is 0 Å². The molecule has 1 saturated carbocycles. The number of aliphatic hydroxyl groups is 1. The molecule has 0 radical (unpaired) electrons. The summed E-state index contributed by atoms with van der Waals surface area (Å²) in [6, 6.07) is 16.8. The largest absolute Gasteiger partial charge is 0.401 e. The van der Waals surface area contributed by atoms with Crippen molar-refractivity contribution in [2.75, 3.05) is 6.54 Å². The summed E-state index contributed by atoms with van der Waals surface area (Å²) in [6.07, 6.45) is 4.96. The molecule has 4 rings (SSSR count). The molecule has 1 heterocycles. The number of rotatable bonds is 10. The van der Waals surface area contributed by atoms with E-state index in [2.05, 4.69) is 5.32 Å². The number of hydrogen-bond acceptors (Lipinski definition) is 7. The zero-order valence-corrected chi connectivity index (χ0v) is 22.6. The molecule has 10 nitrogen and oxygen atoms in total. The predicted octanol–water partition coefficient (Wildman–Crippen LogP) is 1.24. The maximum Gasteiger partial charge on any atom is 0.246 e. The van der Waals surface area contributed by atoms with E-state index in [4.69, 9.17) is 17.3 Å². The number of carbonyl (C=O) groups is 3. The van der Waals surface area contributed by atoms with Crippen molar-refractivity contribution < 1.29 is 19.5 Å². The second kappa shape index (κ2) is 13.8. The lowest BCUT2D eigenvalue weighted by Gasteiger charge is -2.29. The minimum Gasteiger partial charge on any atom is -0.401 e. The Bertz CT molecular complexity index is 1140. The van der Waals surface area contributed by atoms with Gasteiger partial charge in [0, 0.05) is 36.8 Å². The van der Waals surface area contributed by atoms with Crippen LogP contribution in [-0.2, 0) is 20.8 Å². The summed E-state index contributed by atoms with van der Waals surface area (Å²) in [4.78, 5) is 35.6.